The number of aryl methyl sites for hydroxylation is 3. The van der Waals surface area contributed by atoms with Gasteiger partial charge in [-0.2, -0.15) is 0 Å². The molecule has 9 heteroatoms. The molecule has 4 aromatic carbocycles. The molecule has 2 aromatic heterocycles. The summed E-state index contributed by atoms with van der Waals surface area (Å²) in [5, 5.41) is 32.2. The Morgan fingerprint density at radius 3 is 2.23 bits per heavy atom. The Kier molecular flexibility index (Phi) is 10.3. The molecule has 0 amide bonds. The summed E-state index contributed by atoms with van der Waals surface area (Å²) in [7, 11) is 0. The predicted molar refractivity (Wildman–Crippen MR) is 243 cm³/mol. The Labute approximate surface area is 358 Å². The van der Waals surface area contributed by atoms with Gasteiger partial charge in [-0.15, -0.1) is 21.5 Å². The zero-order valence-corrected chi connectivity index (χ0v) is 36.1. The van der Waals surface area contributed by atoms with Gasteiger partial charge in [0.25, 0.3) is 0 Å². The molecule has 0 bridgehead atoms. The van der Waals surface area contributed by atoms with E-state index in [2.05, 4.69) is 130 Å². The molecule has 3 atom stereocenters. The lowest BCUT2D eigenvalue weighted by atomic mass is 9.69. The molecule has 2 N–H and O–H groups in total. The molecule has 0 saturated carbocycles. The lowest BCUT2D eigenvalue weighted by Crippen LogP contribution is -2.52. The first-order valence-electron chi connectivity index (χ1n) is 22.0. The highest BCUT2D eigenvalue weighted by Crippen LogP contribution is 2.47. The van der Waals surface area contributed by atoms with Crippen molar-refractivity contribution in [2.45, 2.75) is 95.6 Å². The molecule has 1 aliphatic carbocycles. The van der Waals surface area contributed by atoms with Crippen molar-refractivity contribution in [3.63, 3.8) is 0 Å². The first-order valence-corrected chi connectivity index (χ1v) is 22.8. The van der Waals surface area contributed by atoms with Gasteiger partial charge in [0.1, 0.15) is 22.6 Å². The van der Waals surface area contributed by atoms with E-state index in [1.807, 2.05) is 19.1 Å². The molecule has 6 aromatic rings. The van der Waals surface area contributed by atoms with Gasteiger partial charge >= 0.3 is 0 Å². The maximum absolute atomic E-state index is 11.9. The number of benzene rings is 4. The van der Waals surface area contributed by atoms with Gasteiger partial charge in [-0.1, -0.05) is 72.8 Å². The number of β-amino-alcohol motifs (C(OH)–C–C–N with tert-alkyl or cyclic N) is 1. The summed E-state index contributed by atoms with van der Waals surface area (Å²) in [5.41, 5.74) is 11.9. The number of hydrogen-bond acceptors (Lipinski definition) is 8. The molecular formula is C51H56N6O2S. The Morgan fingerprint density at radius 2 is 1.50 bits per heavy atom. The Balaban J connectivity index is 0.760. The fraction of sp³-hybridized carbons (Fsp3) is 0.392. The summed E-state index contributed by atoms with van der Waals surface area (Å²) < 4.78 is 2.19. The third-order valence-corrected chi connectivity index (χ3v) is 15.4. The van der Waals surface area contributed by atoms with Crippen LogP contribution >= 0.6 is 11.3 Å². The summed E-state index contributed by atoms with van der Waals surface area (Å²) in [5.74, 6) is 3.35. The molecule has 0 radical (unpaired) electrons. The number of thiophene rings is 1. The standard InChI is InChI=1S/C51H56N6O2S/c1-32-34(3)60-50-46(32)48(52-33(2)49-54-53-35(4)57(49)50)40-14-17-42(18-15-40)56-28-24-51(59,25-29-56)31-55-26-22-37(23-27-55)36-10-12-39(13-11-36)47-44(38-8-6-5-7-9-38)20-16-41-30-43(58)19-21-45(41)47/h5-15,17-19,21,30,33,37,44,47,58-59H,16,20,22-29,31H2,1-4H3/t33-,44+,47-/m0/s1. The maximum Gasteiger partial charge on any atom is 0.162 e. The number of aromatic hydroxyl groups is 1. The van der Waals surface area contributed by atoms with Crippen LogP contribution in [0.25, 0.3) is 5.00 Å². The van der Waals surface area contributed by atoms with Crippen molar-refractivity contribution in [2.75, 3.05) is 37.6 Å². The van der Waals surface area contributed by atoms with Crippen molar-refractivity contribution in [3.8, 4) is 10.8 Å². The summed E-state index contributed by atoms with van der Waals surface area (Å²) in [6.07, 6.45) is 5.82. The largest absolute Gasteiger partial charge is 0.508 e. The van der Waals surface area contributed by atoms with Crippen LogP contribution in [0.15, 0.2) is 102 Å². The van der Waals surface area contributed by atoms with E-state index in [0.717, 1.165) is 99.2 Å². The second-order valence-electron chi connectivity index (χ2n) is 17.9. The van der Waals surface area contributed by atoms with Crippen molar-refractivity contribution in [1.82, 2.24) is 19.7 Å². The topological polar surface area (TPSA) is 90.0 Å². The summed E-state index contributed by atoms with van der Waals surface area (Å²) in [6, 6.07) is 35.2. The van der Waals surface area contributed by atoms with Crippen molar-refractivity contribution in [1.29, 1.82) is 0 Å². The first kappa shape index (κ1) is 39.1. The van der Waals surface area contributed by atoms with Gasteiger partial charge in [0.2, 0.25) is 0 Å². The monoisotopic (exact) mass is 816 g/mol. The zero-order valence-electron chi connectivity index (χ0n) is 35.3. The number of aliphatic hydroxyl groups is 1. The van der Waals surface area contributed by atoms with E-state index >= 15 is 0 Å². The van der Waals surface area contributed by atoms with Gasteiger partial charge in [-0.3, -0.25) is 9.56 Å². The smallest absolute Gasteiger partial charge is 0.162 e. The first-order chi connectivity index (χ1) is 29.1. The summed E-state index contributed by atoms with van der Waals surface area (Å²) >= 11 is 1.79. The van der Waals surface area contributed by atoms with Crippen LogP contribution in [0.1, 0.15) is 124 Å². The van der Waals surface area contributed by atoms with Gasteiger partial charge in [-0.25, -0.2) is 0 Å². The van der Waals surface area contributed by atoms with Crippen molar-refractivity contribution in [3.05, 3.63) is 158 Å². The number of rotatable bonds is 7. The lowest BCUT2D eigenvalue weighted by molar-refractivity contribution is -0.0213. The molecule has 2 saturated heterocycles. The van der Waals surface area contributed by atoms with Crippen LogP contribution in [0.5, 0.6) is 5.75 Å². The third kappa shape index (κ3) is 7.18. The second-order valence-corrected chi connectivity index (χ2v) is 19.2. The molecule has 308 valence electrons. The normalized spacial score (nSPS) is 21.8. The van der Waals surface area contributed by atoms with Gasteiger partial charge < -0.3 is 20.0 Å². The van der Waals surface area contributed by atoms with Crippen LogP contribution < -0.4 is 4.90 Å². The number of aromatic nitrogens is 3. The van der Waals surface area contributed by atoms with Crippen molar-refractivity contribution in [2.24, 2.45) is 4.99 Å². The highest BCUT2D eigenvalue weighted by Gasteiger charge is 2.37. The van der Waals surface area contributed by atoms with Crippen LogP contribution in [0.2, 0.25) is 0 Å². The summed E-state index contributed by atoms with van der Waals surface area (Å²) in [4.78, 5) is 11.5. The maximum atomic E-state index is 11.9. The van der Waals surface area contributed by atoms with E-state index in [-0.39, 0.29) is 12.0 Å². The average Bonchev–Trinajstić information content (AvgIpc) is 3.76. The highest BCUT2D eigenvalue weighted by molar-refractivity contribution is 7.15. The quantitative estimate of drug-likeness (QED) is 0.167. The van der Waals surface area contributed by atoms with Crippen LogP contribution in [-0.2, 0) is 6.42 Å². The minimum absolute atomic E-state index is 0.102. The second kappa shape index (κ2) is 15.7. The van der Waals surface area contributed by atoms with E-state index < -0.39 is 5.60 Å². The number of anilines is 1. The number of fused-ring (bicyclic) bond motifs is 4. The average molecular weight is 817 g/mol. The van der Waals surface area contributed by atoms with Crippen LogP contribution in [-0.4, -0.2) is 73.9 Å². The van der Waals surface area contributed by atoms with E-state index in [0.29, 0.717) is 17.6 Å². The van der Waals surface area contributed by atoms with Crippen LogP contribution in [0.4, 0.5) is 5.69 Å². The van der Waals surface area contributed by atoms with E-state index in [4.69, 9.17) is 4.99 Å². The van der Waals surface area contributed by atoms with E-state index in [1.165, 1.54) is 49.5 Å². The van der Waals surface area contributed by atoms with Crippen LogP contribution in [0.3, 0.4) is 0 Å². The number of phenolic OH excluding ortho intramolecular Hbond substituents is 1. The fourth-order valence-corrected chi connectivity index (χ4v) is 12.0. The van der Waals surface area contributed by atoms with Crippen LogP contribution in [0, 0.1) is 20.8 Å². The number of hydrogen-bond donors (Lipinski definition) is 2. The highest BCUT2D eigenvalue weighted by atomic mass is 32.1. The molecule has 4 aliphatic rings. The number of likely N-dealkylation sites (tertiary alicyclic amines) is 1. The zero-order chi connectivity index (χ0) is 41.1. The van der Waals surface area contributed by atoms with Gasteiger partial charge in [-0.05, 0) is 149 Å². The van der Waals surface area contributed by atoms with Crippen molar-refractivity contribution < 1.29 is 10.2 Å². The number of aliphatic imine (C=N–C) groups is 1. The molecule has 0 spiro atoms. The molecule has 3 aliphatic heterocycles. The lowest BCUT2D eigenvalue weighted by Gasteiger charge is -2.43. The molecule has 10 rings (SSSR count). The van der Waals surface area contributed by atoms with Gasteiger partial charge in [0, 0.05) is 47.2 Å². The molecule has 0 unspecified atom stereocenters. The Hall–Kier alpha value is -5.09. The fourth-order valence-electron chi connectivity index (χ4n) is 10.7. The molecular weight excluding hydrogens is 761 g/mol. The molecule has 5 heterocycles. The molecule has 60 heavy (non-hydrogen) atoms. The van der Waals surface area contributed by atoms with E-state index in [1.54, 1.807) is 11.3 Å². The van der Waals surface area contributed by atoms with Gasteiger partial charge in [0.15, 0.2) is 5.82 Å². The van der Waals surface area contributed by atoms with Crippen molar-refractivity contribution >= 4 is 22.7 Å². The SMILES string of the molecule is Cc1sc2c(c1C)C(c1ccc(N3CCC(O)(CN4CCC(c5ccc([C@@H]6c7ccc(O)cc7CC[C@@H]6c6ccccc6)cc5)CC4)CC3)cc1)=N[C@@H](C)c1nnc(C)n1-2. The van der Waals surface area contributed by atoms with Gasteiger partial charge in [0.05, 0.1) is 11.3 Å². The molecule has 2 fully saturated rings. The predicted octanol–water partition coefficient (Wildman–Crippen LogP) is 9.94. The third-order valence-electron chi connectivity index (χ3n) is 14.2. The number of nitrogens with zero attached hydrogens (tertiary/aromatic N) is 6. The number of phenols is 1. The minimum Gasteiger partial charge on any atom is -0.508 e. The minimum atomic E-state index is -0.666. The summed E-state index contributed by atoms with van der Waals surface area (Å²) in [6.45, 7) is 13.0. The Morgan fingerprint density at radius 1 is 0.783 bits per heavy atom. The number of piperidine rings is 2. The van der Waals surface area contributed by atoms with E-state index in [9.17, 15) is 10.2 Å². The molecule has 8 nitrogen and oxygen atoms in total. The Bertz CT molecular complexity index is 2530.